The summed E-state index contributed by atoms with van der Waals surface area (Å²) < 4.78 is 19.9. The molecule has 6 heteroatoms. The van der Waals surface area contributed by atoms with Crippen LogP contribution in [0.15, 0.2) is 35.9 Å². The number of hydrogen-bond acceptors (Lipinski definition) is 5. The summed E-state index contributed by atoms with van der Waals surface area (Å²) in [5.41, 5.74) is 1.64. The van der Waals surface area contributed by atoms with E-state index < -0.39 is 6.10 Å². The number of carbonyl (C=O) groups is 1. The normalized spacial score (nSPS) is 38.3. The van der Waals surface area contributed by atoms with Gasteiger partial charge in [0.2, 0.25) is 0 Å². The lowest BCUT2D eigenvalue weighted by molar-refractivity contribution is -0.145. The fourth-order valence-electron chi connectivity index (χ4n) is 6.43. The van der Waals surface area contributed by atoms with E-state index in [4.69, 9.17) is 4.74 Å². The minimum Gasteiger partial charge on any atom is -0.461 e. The number of piperazine rings is 1. The Bertz CT molecular complexity index is 881. The van der Waals surface area contributed by atoms with Crippen LogP contribution >= 0.6 is 0 Å². The first kappa shape index (κ1) is 21.0. The number of aliphatic hydroxyl groups excluding tert-OH is 1. The molecular weight excluding hydrogens is 395 g/mol. The quantitative estimate of drug-likeness (QED) is 0.592. The van der Waals surface area contributed by atoms with Gasteiger partial charge in [0.15, 0.2) is 0 Å². The van der Waals surface area contributed by atoms with Crippen LogP contribution in [0.1, 0.15) is 33.1 Å². The summed E-state index contributed by atoms with van der Waals surface area (Å²) in [6.45, 7) is 7.99. The van der Waals surface area contributed by atoms with Crippen molar-refractivity contribution in [3.05, 3.63) is 41.7 Å². The van der Waals surface area contributed by atoms with Gasteiger partial charge in [-0.15, -0.1) is 0 Å². The highest BCUT2D eigenvalue weighted by molar-refractivity contribution is 5.76. The minimum absolute atomic E-state index is 0.153. The SMILES string of the molecule is C[C@@H]1CCC=C2C[C@H]3OC(=O)[C@H](CN4CCN(c5ccccc5F)CC4)[C@@H]3[C@H](O)[C@@]21C. The van der Waals surface area contributed by atoms with Gasteiger partial charge in [-0.3, -0.25) is 9.69 Å². The fourth-order valence-corrected chi connectivity index (χ4v) is 6.43. The number of halogens is 1. The molecule has 168 valence electrons. The summed E-state index contributed by atoms with van der Waals surface area (Å²) >= 11 is 0. The van der Waals surface area contributed by atoms with Crippen molar-refractivity contribution in [2.24, 2.45) is 23.2 Å². The van der Waals surface area contributed by atoms with Crippen LogP contribution in [0.25, 0.3) is 0 Å². The molecule has 0 unspecified atom stereocenters. The Balaban J connectivity index is 1.28. The number of carbonyl (C=O) groups excluding carboxylic acids is 1. The van der Waals surface area contributed by atoms with Gasteiger partial charge in [-0.25, -0.2) is 4.39 Å². The number of benzene rings is 1. The number of ether oxygens (including phenoxy) is 1. The van der Waals surface area contributed by atoms with Crippen LogP contribution < -0.4 is 4.90 Å². The molecule has 0 amide bonds. The Kier molecular flexibility index (Phi) is 5.33. The molecule has 4 aliphatic rings. The van der Waals surface area contributed by atoms with E-state index in [9.17, 15) is 14.3 Å². The molecule has 1 N–H and O–H groups in total. The summed E-state index contributed by atoms with van der Waals surface area (Å²) in [5.74, 6) is -0.417. The van der Waals surface area contributed by atoms with Crippen LogP contribution in [0, 0.1) is 29.0 Å². The predicted molar refractivity (Wildman–Crippen MR) is 117 cm³/mol. The summed E-state index contributed by atoms with van der Waals surface area (Å²) in [5, 5.41) is 11.5. The molecule has 0 spiro atoms. The van der Waals surface area contributed by atoms with Gasteiger partial charge in [-0.1, -0.05) is 37.6 Å². The molecule has 1 saturated carbocycles. The molecule has 2 saturated heterocycles. The van der Waals surface area contributed by atoms with E-state index >= 15 is 0 Å². The number of fused-ring (bicyclic) bond motifs is 2. The molecule has 1 aromatic rings. The average molecular weight is 429 g/mol. The molecule has 2 aliphatic carbocycles. The van der Waals surface area contributed by atoms with Crippen molar-refractivity contribution in [2.45, 2.75) is 45.3 Å². The number of anilines is 1. The highest BCUT2D eigenvalue weighted by Gasteiger charge is 2.59. The van der Waals surface area contributed by atoms with Crippen molar-refractivity contribution < 1.29 is 19.0 Å². The lowest BCUT2D eigenvalue weighted by Crippen LogP contribution is -2.55. The molecule has 31 heavy (non-hydrogen) atoms. The fraction of sp³-hybridized carbons (Fsp3) is 0.640. The second kappa shape index (κ2) is 7.89. The van der Waals surface area contributed by atoms with E-state index in [1.165, 1.54) is 11.6 Å². The van der Waals surface area contributed by atoms with Gasteiger partial charge in [0.05, 0.1) is 17.7 Å². The zero-order valence-electron chi connectivity index (χ0n) is 18.5. The summed E-state index contributed by atoms with van der Waals surface area (Å²) in [6.07, 6.45) is 4.36. The third kappa shape index (κ3) is 3.39. The largest absolute Gasteiger partial charge is 0.461 e. The van der Waals surface area contributed by atoms with Gasteiger partial charge in [-0.05, 0) is 30.9 Å². The smallest absolute Gasteiger partial charge is 0.311 e. The molecule has 2 heterocycles. The van der Waals surface area contributed by atoms with E-state index in [-0.39, 0.29) is 35.1 Å². The monoisotopic (exact) mass is 428 g/mol. The van der Waals surface area contributed by atoms with Gasteiger partial charge in [0.25, 0.3) is 0 Å². The van der Waals surface area contributed by atoms with Crippen LogP contribution in [0.2, 0.25) is 0 Å². The number of para-hydroxylation sites is 1. The van der Waals surface area contributed by atoms with E-state index in [0.717, 1.165) is 45.4 Å². The van der Waals surface area contributed by atoms with Crippen molar-refractivity contribution in [3.8, 4) is 0 Å². The summed E-state index contributed by atoms with van der Waals surface area (Å²) in [7, 11) is 0. The third-order valence-corrected chi connectivity index (χ3v) is 8.59. The van der Waals surface area contributed by atoms with Crippen LogP contribution in [0.4, 0.5) is 10.1 Å². The average Bonchev–Trinajstić information content (AvgIpc) is 3.06. The first-order valence-electron chi connectivity index (χ1n) is 11.7. The highest BCUT2D eigenvalue weighted by atomic mass is 19.1. The first-order valence-corrected chi connectivity index (χ1v) is 11.7. The zero-order valence-corrected chi connectivity index (χ0v) is 18.5. The Labute approximate surface area is 183 Å². The van der Waals surface area contributed by atoms with Gasteiger partial charge >= 0.3 is 5.97 Å². The minimum atomic E-state index is -0.566. The van der Waals surface area contributed by atoms with Crippen LogP contribution in [-0.4, -0.2) is 60.9 Å². The van der Waals surface area contributed by atoms with Crippen molar-refractivity contribution in [3.63, 3.8) is 0 Å². The molecule has 1 aromatic carbocycles. The molecular formula is C25H33FN2O3. The number of esters is 1. The number of nitrogens with zero attached hydrogens (tertiary/aromatic N) is 2. The molecule has 0 bridgehead atoms. The maximum absolute atomic E-state index is 14.1. The summed E-state index contributed by atoms with van der Waals surface area (Å²) in [4.78, 5) is 17.2. The van der Waals surface area contributed by atoms with Gasteiger partial charge in [-0.2, -0.15) is 0 Å². The molecule has 5 rings (SSSR count). The molecule has 5 nitrogen and oxygen atoms in total. The molecule has 0 aromatic heterocycles. The summed E-state index contributed by atoms with van der Waals surface area (Å²) in [6, 6.07) is 6.89. The maximum atomic E-state index is 14.1. The molecule has 2 aliphatic heterocycles. The lowest BCUT2D eigenvalue weighted by atomic mass is 9.55. The molecule has 0 radical (unpaired) electrons. The van der Waals surface area contributed by atoms with Crippen LogP contribution in [0.5, 0.6) is 0 Å². The van der Waals surface area contributed by atoms with Crippen molar-refractivity contribution >= 4 is 11.7 Å². The van der Waals surface area contributed by atoms with Crippen molar-refractivity contribution in [2.75, 3.05) is 37.6 Å². The Morgan fingerprint density at radius 3 is 2.71 bits per heavy atom. The predicted octanol–water partition coefficient (Wildman–Crippen LogP) is 3.23. The first-order chi connectivity index (χ1) is 14.9. The van der Waals surface area contributed by atoms with E-state index in [0.29, 0.717) is 18.2 Å². The van der Waals surface area contributed by atoms with Crippen LogP contribution in [0.3, 0.4) is 0 Å². The Morgan fingerprint density at radius 1 is 1.23 bits per heavy atom. The second-order valence-electron chi connectivity index (χ2n) is 10.0. The van der Waals surface area contributed by atoms with Gasteiger partial charge in [0, 0.05) is 50.5 Å². The van der Waals surface area contributed by atoms with Gasteiger partial charge < -0.3 is 14.7 Å². The molecule has 6 atom stereocenters. The Hall–Kier alpha value is -1.92. The van der Waals surface area contributed by atoms with E-state index in [2.05, 4.69) is 29.7 Å². The van der Waals surface area contributed by atoms with Crippen molar-refractivity contribution in [1.29, 1.82) is 0 Å². The number of allylic oxidation sites excluding steroid dienone is 1. The Morgan fingerprint density at radius 2 is 1.97 bits per heavy atom. The number of hydrogen-bond donors (Lipinski definition) is 1. The van der Waals surface area contributed by atoms with E-state index in [1.54, 1.807) is 6.07 Å². The van der Waals surface area contributed by atoms with Gasteiger partial charge in [0.1, 0.15) is 11.9 Å². The number of aliphatic hydroxyl groups is 1. The van der Waals surface area contributed by atoms with E-state index in [1.807, 2.05) is 12.1 Å². The standard InChI is InChI=1S/C25H33FN2O3/c1-16-6-5-7-17-14-21-22(23(29)25(16,17)2)18(24(30)31-21)15-27-10-12-28(13-11-27)20-9-4-3-8-19(20)26/h3-4,7-9,16,18,21-23,29H,5-6,10-15H2,1-2H3/t16-,18-,21-,22+,23+,25-/m1/s1. The maximum Gasteiger partial charge on any atom is 0.311 e. The lowest BCUT2D eigenvalue weighted by Gasteiger charge is -2.52. The topological polar surface area (TPSA) is 53.0 Å². The van der Waals surface area contributed by atoms with Crippen LogP contribution in [-0.2, 0) is 9.53 Å². The number of rotatable bonds is 3. The third-order valence-electron chi connectivity index (χ3n) is 8.59. The second-order valence-corrected chi connectivity index (χ2v) is 10.0. The molecule has 3 fully saturated rings. The highest BCUT2D eigenvalue weighted by Crippen LogP contribution is 2.56. The van der Waals surface area contributed by atoms with Crippen molar-refractivity contribution in [1.82, 2.24) is 4.90 Å². The zero-order chi connectivity index (χ0) is 21.8.